The molecule has 2 atom stereocenters. The number of carbonyl (C=O) groups is 2. The van der Waals surface area contributed by atoms with Crippen molar-refractivity contribution < 1.29 is 14.3 Å². The van der Waals surface area contributed by atoms with Gasteiger partial charge in [-0.2, -0.15) is 0 Å². The maximum Gasteiger partial charge on any atom is 0.336 e. The third kappa shape index (κ3) is 3.96. The molecule has 1 saturated carbocycles. The molecule has 31 heavy (non-hydrogen) atoms. The third-order valence-electron chi connectivity index (χ3n) is 5.97. The van der Waals surface area contributed by atoms with Crippen molar-refractivity contribution in [2.75, 3.05) is 0 Å². The number of hydrogen-bond donors (Lipinski definition) is 0. The Hall–Kier alpha value is -3.11. The number of carbonyl (C=O) groups excluding carboxylic acids is 2. The van der Waals surface area contributed by atoms with Crippen molar-refractivity contribution in [3.8, 4) is 0 Å². The SMILES string of the molecule is O=C(OC(c1ccccc1)c1ccccc1)C1=C(Sc2ccccc2)CC2CC(=O)C12. The van der Waals surface area contributed by atoms with Crippen LogP contribution >= 0.6 is 11.8 Å². The standard InChI is InChI=1S/C27H22O3S/c28-22-16-20-17-23(31-21-14-8-3-9-15-21)25(24(20)22)27(29)30-26(18-10-4-1-5-11-18)19-12-6-2-7-13-19/h1-15,20,24,26H,16-17H2. The number of allylic oxidation sites excluding steroid dienone is 1. The average Bonchev–Trinajstić information content (AvgIpc) is 3.11. The molecule has 0 bridgehead atoms. The van der Waals surface area contributed by atoms with E-state index in [2.05, 4.69) is 0 Å². The molecule has 2 aliphatic carbocycles. The molecule has 1 fully saturated rings. The summed E-state index contributed by atoms with van der Waals surface area (Å²) in [5.41, 5.74) is 2.38. The smallest absolute Gasteiger partial charge is 0.336 e. The number of ether oxygens (including phenoxy) is 1. The Morgan fingerprint density at radius 2 is 1.35 bits per heavy atom. The van der Waals surface area contributed by atoms with Gasteiger partial charge in [0.1, 0.15) is 5.78 Å². The van der Waals surface area contributed by atoms with E-state index in [4.69, 9.17) is 4.74 Å². The molecule has 0 N–H and O–H groups in total. The summed E-state index contributed by atoms with van der Waals surface area (Å²) in [6.07, 6.45) is 0.808. The fraction of sp³-hybridized carbons (Fsp3) is 0.185. The molecule has 0 radical (unpaired) electrons. The fourth-order valence-electron chi connectivity index (χ4n) is 4.44. The molecule has 3 nitrogen and oxygen atoms in total. The lowest BCUT2D eigenvalue weighted by Crippen LogP contribution is -2.37. The summed E-state index contributed by atoms with van der Waals surface area (Å²) in [4.78, 5) is 27.9. The first-order valence-electron chi connectivity index (χ1n) is 10.5. The van der Waals surface area contributed by atoms with Gasteiger partial charge in [-0.05, 0) is 35.6 Å². The van der Waals surface area contributed by atoms with Gasteiger partial charge in [-0.25, -0.2) is 4.79 Å². The maximum absolute atomic E-state index is 13.5. The molecule has 2 aliphatic rings. The van der Waals surface area contributed by atoms with Gasteiger partial charge < -0.3 is 4.74 Å². The topological polar surface area (TPSA) is 43.4 Å². The molecule has 3 aromatic carbocycles. The zero-order valence-electron chi connectivity index (χ0n) is 16.9. The summed E-state index contributed by atoms with van der Waals surface area (Å²) in [7, 11) is 0. The van der Waals surface area contributed by atoms with E-state index in [-0.39, 0.29) is 23.6 Å². The van der Waals surface area contributed by atoms with Crippen LogP contribution in [0.3, 0.4) is 0 Å². The van der Waals surface area contributed by atoms with Gasteiger partial charge >= 0.3 is 5.97 Å². The number of benzene rings is 3. The number of esters is 1. The van der Waals surface area contributed by atoms with E-state index in [0.717, 1.165) is 27.3 Å². The van der Waals surface area contributed by atoms with Gasteiger partial charge in [0.25, 0.3) is 0 Å². The monoisotopic (exact) mass is 426 g/mol. The molecule has 0 aromatic heterocycles. The summed E-state index contributed by atoms with van der Waals surface area (Å²) >= 11 is 1.58. The third-order valence-corrected chi connectivity index (χ3v) is 7.12. The van der Waals surface area contributed by atoms with Crippen molar-refractivity contribution >= 4 is 23.5 Å². The Balaban J connectivity index is 1.48. The number of fused-ring (bicyclic) bond motifs is 1. The van der Waals surface area contributed by atoms with E-state index in [1.807, 2.05) is 91.0 Å². The first-order valence-corrected chi connectivity index (χ1v) is 11.3. The summed E-state index contributed by atoms with van der Waals surface area (Å²) < 4.78 is 6.11. The predicted molar refractivity (Wildman–Crippen MR) is 121 cm³/mol. The molecule has 3 aromatic rings. The van der Waals surface area contributed by atoms with E-state index in [1.165, 1.54) is 0 Å². The molecular weight excluding hydrogens is 404 g/mol. The Morgan fingerprint density at radius 1 is 0.806 bits per heavy atom. The van der Waals surface area contributed by atoms with Gasteiger partial charge in [0.2, 0.25) is 0 Å². The van der Waals surface area contributed by atoms with Crippen LogP contribution in [0.2, 0.25) is 0 Å². The highest BCUT2D eigenvalue weighted by atomic mass is 32.2. The minimum absolute atomic E-state index is 0.150. The molecule has 2 unspecified atom stereocenters. The van der Waals surface area contributed by atoms with Crippen LogP contribution in [-0.4, -0.2) is 11.8 Å². The van der Waals surface area contributed by atoms with Crippen LogP contribution in [0, 0.1) is 11.8 Å². The predicted octanol–water partition coefficient (Wildman–Crippen LogP) is 5.97. The highest BCUT2D eigenvalue weighted by Crippen LogP contribution is 2.53. The second kappa shape index (κ2) is 8.56. The van der Waals surface area contributed by atoms with Gasteiger partial charge in [0, 0.05) is 16.2 Å². The van der Waals surface area contributed by atoms with Crippen molar-refractivity contribution in [1.29, 1.82) is 0 Å². The number of ketones is 1. The number of hydrogen-bond acceptors (Lipinski definition) is 4. The number of rotatable bonds is 6. The molecule has 0 heterocycles. The van der Waals surface area contributed by atoms with Gasteiger partial charge in [0.15, 0.2) is 6.10 Å². The number of Topliss-reactive ketones (excluding diaryl/α,β-unsaturated/α-hetero) is 1. The quantitative estimate of drug-likeness (QED) is 0.455. The fourth-order valence-corrected chi connectivity index (χ4v) is 5.63. The van der Waals surface area contributed by atoms with Crippen LogP contribution in [-0.2, 0) is 14.3 Å². The summed E-state index contributed by atoms with van der Waals surface area (Å²) in [5.74, 6) is -0.313. The molecule has 4 heteroatoms. The minimum atomic E-state index is -0.514. The lowest BCUT2D eigenvalue weighted by Gasteiger charge is -2.30. The maximum atomic E-state index is 13.5. The van der Waals surface area contributed by atoms with Gasteiger partial charge in [-0.3, -0.25) is 4.79 Å². The summed E-state index contributed by atoms with van der Waals surface area (Å²) in [6.45, 7) is 0. The minimum Gasteiger partial charge on any atom is -0.449 e. The zero-order chi connectivity index (χ0) is 21.2. The molecular formula is C27H22O3S. The van der Waals surface area contributed by atoms with Gasteiger partial charge in [-0.1, -0.05) is 90.6 Å². The van der Waals surface area contributed by atoms with E-state index in [0.29, 0.717) is 12.0 Å². The van der Waals surface area contributed by atoms with Crippen LogP contribution in [0.1, 0.15) is 30.1 Å². The van der Waals surface area contributed by atoms with Crippen LogP contribution < -0.4 is 0 Å². The van der Waals surface area contributed by atoms with Crippen molar-refractivity contribution in [2.24, 2.45) is 11.8 Å². The van der Waals surface area contributed by atoms with Crippen molar-refractivity contribution in [3.63, 3.8) is 0 Å². The van der Waals surface area contributed by atoms with E-state index in [1.54, 1.807) is 11.8 Å². The highest BCUT2D eigenvalue weighted by molar-refractivity contribution is 8.03. The van der Waals surface area contributed by atoms with E-state index < -0.39 is 6.10 Å². The molecule has 0 spiro atoms. The first-order chi connectivity index (χ1) is 15.2. The average molecular weight is 427 g/mol. The number of thioether (sulfide) groups is 1. The zero-order valence-corrected chi connectivity index (χ0v) is 17.8. The molecule has 0 amide bonds. The normalized spacial score (nSPS) is 19.8. The van der Waals surface area contributed by atoms with Crippen LogP contribution in [0.25, 0.3) is 0 Å². The Kier molecular flexibility index (Phi) is 5.47. The van der Waals surface area contributed by atoms with E-state index >= 15 is 0 Å². The molecule has 154 valence electrons. The van der Waals surface area contributed by atoms with Crippen LogP contribution in [0.15, 0.2) is 106 Å². The van der Waals surface area contributed by atoms with Crippen LogP contribution in [0.5, 0.6) is 0 Å². The molecule has 0 aliphatic heterocycles. The summed E-state index contributed by atoms with van der Waals surface area (Å²) in [6, 6.07) is 29.5. The van der Waals surface area contributed by atoms with Crippen molar-refractivity contribution in [1.82, 2.24) is 0 Å². The largest absolute Gasteiger partial charge is 0.449 e. The Labute approximate surface area is 186 Å². The summed E-state index contributed by atoms with van der Waals surface area (Å²) in [5, 5.41) is 0. The van der Waals surface area contributed by atoms with Crippen molar-refractivity contribution in [2.45, 2.75) is 23.8 Å². The lowest BCUT2D eigenvalue weighted by atomic mass is 9.72. The Morgan fingerprint density at radius 3 is 1.90 bits per heavy atom. The second-order valence-corrected chi connectivity index (χ2v) is 9.14. The van der Waals surface area contributed by atoms with Gasteiger partial charge in [-0.15, -0.1) is 0 Å². The molecule has 0 saturated heterocycles. The first kappa shape index (κ1) is 19.8. The second-order valence-electron chi connectivity index (χ2n) is 7.97. The van der Waals surface area contributed by atoms with E-state index in [9.17, 15) is 9.59 Å². The van der Waals surface area contributed by atoms with Gasteiger partial charge in [0.05, 0.1) is 11.5 Å². The van der Waals surface area contributed by atoms with Crippen molar-refractivity contribution in [3.05, 3.63) is 113 Å². The highest BCUT2D eigenvalue weighted by Gasteiger charge is 2.51. The Bertz CT molecular complexity index is 1080. The van der Waals surface area contributed by atoms with Crippen LogP contribution in [0.4, 0.5) is 0 Å². The molecule has 5 rings (SSSR count). The lowest BCUT2D eigenvalue weighted by molar-refractivity contribution is -0.146.